The maximum Gasteiger partial charge on any atom is 0.406 e. The van der Waals surface area contributed by atoms with E-state index in [0.717, 1.165) is 6.20 Å². The molecule has 0 fully saturated rings. The van der Waals surface area contributed by atoms with Crippen molar-refractivity contribution < 1.29 is 13.2 Å². The van der Waals surface area contributed by atoms with E-state index < -0.39 is 18.3 Å². The molecule has 0 spiro atoms. The summed E-state index contributed by atoms with van der Waals surface area (Å²) in [6.07, 6.45) is -3.34. The number of H-pyrrole nitrogens is 1. The van der Waals surface area contributed by atoms with Gasteiger partial charge in [0.1, 0.15) is 6.54 Å². The van der Waals surface area contributed by atoms with Crippen LogP contribution >= 0.6 is 23.2 Å². The van der Waals surface area contributed by atoms with Gasteiger partial charge < -0.3 is 4.57 Å². The molecule has 0 atom stereocenters. The molecule has 0 bridgehead atoms. The Kier molecular flexibility index (Phi) is 4.51. The van der Waals surface area contributed by atoms with Crippen LogP contribution in [0.5, 0.6) is 0 Å². The van der Waals surface area contributed by atoms with Crippen LogP contribution in [0.1, 0.15) is 0 Å². The monoisotopic (exact) mass is 425 g/mol. The topological polar surface area (TPSA) is 42.7 Å². The van der Waals surface area contributed by atoms with E-state index in [9.17, 15) is 18.0 Å². The van der Waals surface area contributed by atoms with E-state index in [4.69, 9.17) is 23.2 Å². The van der Waals surface area contributed by atoms with Crippen LogP contribution in [0.4, 0.5) is 13.2 Å². The van der Waals surface area contributed by atoms with Crippen LogP contribution in [0, 0.1) is 0 Å². The summed E-state index contributed by atoms with van der Waals surface area (Å²) < 4.78 is 40.7. The van der Waals surface area contributed by atoms with E-state index in [1.54, 1.807) is 53.2 Å². The average molecular weight is 426 g/mol. The van der Waals surface area contributed by atoms with Crippen LogP contribution in [-0.4, -0.2) is 20.5 Å². The minimum absolute atomic E-state index is 0.145. The zero-order valence-electron chi connectivity index (χ0n) is 14.1. The van der Waals surface area contributed by atoms with Gasteiger partial charge in [-0.1, -0.05) is 47.5 Å². The Morgan fingerprint density at radius 3 is 2.32 bits per heavy atom. The third-order valence-electron chi connectivity index (χ3n) is 4.28. The Morgan fingerprint density at radius 2 is 1.68 bits per heavy atom. The smallest absolute Gasteiger partial charge is 0.304 e. The highest BCUT2D eigenvalue weighted by atomic mass is 35.5. The second-order valence-electron chi connectivity index (χ2n) is 6.22. The molecule has 0 unspecified atom stereocenters. The van der Waals surface area contributed by atoms with Crippen LogP contribution in [0.3, 0.4) is 0 Å². The lowest BCUT2D eigenvalue weighted by Gasteiger charge is -2.11. The van der Waals surface area contributed by atoms with Gasteiger partial charge in [0.2, 0.25) is 0 Å². The normalized spacial score (nSPS) is 12.0. The molecule has 2 aliphatic rings. The first-order valence-corrected chi connectivity index (χ1v) is 8.91. The minimum atomic E-state index is -4.51. The summed E-state index contributed by atoms with van der Waals surface area (Å²) in [7, 11) is 0. The van der Waals surface area contributed by atoms with E-state index in [-0.39, 0.29) is 11.3 Å². The predicted molar refractivity (Wildman–Crippen MR) is 103 cm³/mol. The number of aromatic nitrogens is 3. The number of alkyl halides is 3. The summed E-state index contributed by atoms with van der Waals surface area (Å²) in [6, 6.07) is 13.6. The Labute approximate surface area is 167 Å². The number of nitrogens with one attached hydrogen (secondary N) is 1. The largest absolute Gasteiger partial charge is 0.406 e. The highest BCUT2D eigenvalue weighted by Crippen LogP contribution is 2.36. The molecule has 144 valence electrons. The summed E-state index contributed by atoms with van der Waals surface area (Å²) in [6.45, 7) is -1.36. The molecule has 2 aromatic carbocycles. The van der Waals surface area contributed by atoms with Crippen molar-refractivity contribution in [3.05, 3.63) is 75.1 Å². The molecule has 0 radical (unpaired) electrons. The van der Waals surface area contributed by atoms with Crippen LogP contribution in [-0.2, 0) is 6.54 Å². The van der Waals surface area contributed by atoms with Gasteiger partial charge >= 0.3 is 6.18 Å². The van der Waals surface area contributed by atoms with Gasteiger partial charge in [-0.3, -0.25) is 14.6 Å². The van der Waals surface area contributed by atoms with Gasteiger partial charge in [-0.2, -0.15) is 13.2 Å². The Balaban J connectivity index is 2.01. The summed E-state index contributed by atoms with van der Waals surface area (Å²) in [4.78, 5) is 12.8. The quantitative estimate of drug-likeness (QED) is 0.455. The average Bonchev–Trinajstić information content (AvgIpc) is 3.12. The molecule has 0 saturated carbocycles. The fourth-order valence-electron chi connectivity index (χ4n) is 3.15. The molecule has 2 aromatic rings. The zero-order chi connectivity index (χ0) is 20.1. The maximum atomic E-state index is 12.8. The fourth-order valence-corrected chi connectivity index (χ4v) is 3.49. The van der Waals surface area contributed by atoms with Gasteiger partial charge in [-0.15, -0.1) is 0 Å². The summed E-state index contributed by atoms with van der Waals surface area (Å²) in [5, 5.41) is 3.91. The molecule has 2 heterocycles. The molecule has 4 nitrogen and oxygen atoms in total. The van der Waals surface area contributed by atoms with Crippen LogP contribution in [0.2, 0.25) is 10.0 Å². The van der Waals surface area contributed by atoms with Gasteiger partial charge in [0.15, 0.2) is 0 Å². The van der Waals surface area contributed by atoms with Crippen molar-refractivity contribution in [1.82, 2.24) is 14.3 Å². The number of nitrogens with zero attached hydrogens (tertiary/aromatic N) is 2. The second-order valence-corrected chi connectivity index (χ2v) is 7.06. The van der Waals surface area contributed by atoms with E-state index >= 15 is 0 Å². The lowest BCUT2D eigenvalue weighted by Crippen LogP contribution is -2.25. The van der Waals surface area contributed by atoms with E-state index in [0.29, 0.717) is 31.6 Å². The predicted octanol–water partition coefficient (Wildman–Crippen LogP) is 5.61. The van der Waals surface area contributed by atoms with Crippen molar-refractivity contribution in [1.29, 1.82) is 0 Å². The van der Waals surface area contributed by atoms with Crippen molar-refractivity contribution in [2.75, 3.05) is 0 Å². The Morgan fingerprint density at radius 1 is 1.00 bits per heavy atom. The van der Waals surface area contributed by atoms with E-state index in [1.807, 2.05) is 0 Å². The van der Waals surface area contributed by atoms with Crippen LogP contribution in [0.15, 0.2) is 59.5 Å². The van der Waals surface area contributed by atoms with E-state index in [1.165, 1.54) is 0 Å². The highest BCUT2D eigenvalue weighted by molar-refractivity contribution is 6.32. The summed E-state index contributed by atoms with van der Waals surface area (Å²) in [5.74, 6) is 0. The molecular formula is C19H12Cl2F3N3O. The maximum absolute atomic E-state index is 12.8. The first-order chi connectivity index (χ1) is 13.2. The molecule has 0 amide bonds. The third kappa shape index (κ3) is 3.31. The van der Waals surface area contributed by atoms with Crippen molar-refractivity contribution in [2.24, 2.45) is 0 Å². The van der Waals surface area contributed by atoms with Crippen molar-refractivity contribution in [3.8, 4) is 28.2 Å². The first kappa shape index (κ1) is 18.7. The first-order valence-electron chi connectivity index (χ1n) is 8.16. The van der Waals surface area contributed by atoms with Crippen molar-refractivity contribution >= 4 is 23.2 Å². The lowest BCUT2D eigenvalue weighted by molar-refractivity contribution is -0.141. The highest BCUT2D eigenvalue weighted by Gasteiger charge is 2.32. The number of hydrogen-bond acceptors (Lipinski definition) is 1. The second kappa shape index (κ2) is 6.76. The van der Waals surface area contributed by atoms with Crippen molar-refractivity contribution in [2.45, 2.75) is 12.7 Å². The fraction of sp³-hybridized carbons (Fsp3) is 0.105. The van der Waals surface area contributed by atoms with Crippen molar-refractivity contribution in [3.63, 3.8) is 0 Å². The number of para-hydroxylation sites is 1. The number of rotatable bonds is 3. The molecule has 0 saturated heterocycles. The lowest BCUT2D eigenvalue weighted by atomic mass is 10.1. The molecule has 9 heteroatoms. The molecule has 0 aliphatic carbocycles. The summed E-state index contributed by atoms with van der Waals surface area (Å²) >= 11 is 12.3. The van der Waals surface area contributed by atoms with Gasteiger partial charge in [0.25, 0.3) is 5.56 Å². The van der Waals surface area contributed by atoms with E-state index in [2.05, 4.69) is 5.10 Å². The molecule has 0 aromatic heterocycles. The van der Waals surface area contributed by atoms with Crippen LogP contribution in [0.25, 0.3) is 28.2 Å². The molecule has 4 rings (SSSR count). The Hall–Kier alpha value is -2.64. The third-order valence-corrected chi connectivity index (χ3v) is 4.85. The summed E-state index contributed by atoms with van der Waals surface area (Å²) in [5.41, 5.74) is 1.26. The number of hydrogen-bond donors (Lipinski definition) is 1. The van der Waals surface area contributed by atoms with Gasteiger partial charge in [0, 0.05) is 16.8 Å². The van der Waals surface area contributed by atoms with Gasteiger partial charge in [0.05, 0.1) is 27.7 Å². The molecule has 28 heavy (non-hydrogen) atoms. The molecular weight excluding hydrogens is 414 g/mol. The van der Waals surface area contributed by atoms with Gasteiger partial charge in [-0.25, -0.2) is 0 Å². The standard InChI is InChI=1S/C19H12Cl2F3N3O/c20-12-7-5-11(6-8-12)17-16-14(9-26(18(16)28)10-19(22,23)24)25-27(17)15-4-2-1-3-13(15)21/h1-9,25H,10H2. The van der Waals surface area contributed by atoms with Crippen LogP contribution < -0.4 is 5.56 Å². The minimum Gasteiger partial charge on any atom is -0.304 e. The molecule has 1 N–H and O–H groups in total. The Bertz CT molecular complexity index is 1170. The zero-order valence-corrected chi connectivity index (χ0v) is 15.6. The number of benzene rings is 2. The number of aromatic amines is 1. The molecule has 2 aliphatic heterocycles. The number of halogens is 5. The SMILES string of the molecule is O=c1c2c(-c3ccc(Cl)cc3)n(-c3ccccc3Cl)[nH]c-2cn1CC(F)(F)F. The van der Waals surface area contributed by atoms with Gasteiger partial charge in [-0.05, 0) is 24.3 Å². The number of fused-ring (bicyclic) bond motifs is 1.